The van der Waals surface area contributed by atoms with Crippen molar-refractivity contribution in [2.75, 3.05) is 5.75 Å². The summed E-state index contributed by atoms with van der Waals surface area (Å²) in [5.74, 6) is 0.593. The SMILES string of the molecule is O=S1CCC[C@@H]1[C@](O)(Cn1cncn1)c1ccc(Cl)cc1Cl. The van der Waals surface area contributed by atoms with E-state index >= 15 is 0 Å². The van der Waals surface area contributed by atoms with Crippen molar-refractivity contribution in [3.8, 4) is 0 Å². The van der Waals surface area contributed by atoms with Crippen LogP contribution >= 0.6 is 23.2 Å². The molecule has 118 valence electrons. The third-order valence-electron chi connectivity index (χ3n) is 3.93. The maximum atomic E-state index is 12.3. The molecule has 1 aromatic carbocycles. The van der Waals surface area contributed by atoms with E-state index < -0.39 is 21.7 Å². The number of hydrogen-bond donors (Lipinski definition) is 1. The second-order valence-electron chi connectivity index (χ2n) is 5.36. The van der Waals surface area contributed by atoms with E-state index in [0.717, 1.165) is 6.42 Å². The third kappa shape index (κ3) is 2.93. The van der Waals surface area contributed by atoms with E-state index in [2.05, 4.69) is 10.1 Å². The molecular weight excluding hydrogens is 345 g/mol. The zero-order chi connectivity index (χ0) is 15.7. The van der Waals surface area contributed by atoms with Gasteiger partial charge in [-0.05, 0) is 25.0 Å². The molecule has 0 saturated carbocycles. The molecule has 22 heavy (non-hydrogen) atoms. The van der Waals surface area contributed by atoms with Gasteiger partial charge < -0.3 is 5.11 Å². The normalized spacial score (nSPS) is 24.3. The average molecular weight is 360 g/mol. The highest BCUT2D eigenvalue weighted by Crippen LogP contribution is 2.40. The van der Waals surface area contributed by atoms with Crippen molar-refractivity contribution in [2.45, 2.75) is 30.2 Å². The molecule has 0 bridgehead atoms. The van der Waals surface area contributed by atoms with Crippen LogP contribution in [-0.2, 0) is 22.9 Å². The van der Waals surface area contributed by atoms with Gasteiger partial charge in [0.15, 0.2) is 0 Å². The Kier molecular flexibility index (Phi) is 4.54. The van der Waals surface area contributed by atoms with E-state index in [0.29, 0.717) is 27.8 Å². The number of rotatable bonds is 4. The zero-order valence-electron chi connectivity index (χ0n) is 11.7. The minimum Gasteiger partial charge on any atom is -0.382 e. The first-order chi connectivity index (χ1) is 10.5. The number of hydrogen-bond acceptors (Lipinski definition) is 4. The monoisotopic (exact) mass is 359 g/mol. The predicted octanol–water partition coefficient (Wildman–Crippen LogP) is 2.38. The first kappa shape index (κ1) is 15.9. The Bertz CT molecular complexity index is 695. The van der Waals surface area contributed by atoms with Gasteiger partial charge >= 0.3 is 0 Å². The van der Waals surface area contributed by atoms with Gasteiger partial charge in [-0.1, -0.05) is 29.3 Å². The van der Waals surface area contributed by atoms with E-state index in [9.17, 15) is 9.32 Å². The number of aliphatic hydroxyl groups is 1. The minimum absolute atomic E-state index is 0.144. The Labute approximate surface area is 140 Å². The lowest BCUT2D eigenvalue weighted by molar-refractivity contribution is 0.0112. The van der Waals surface area contributed by atoms with Crippen LogP contribution in [0.25, 0.3) is 0 Å². The summed E-state index contributed by atoms with van der Waals surface area (Å²) < 4.78 is 13.9. The van der Waals surface area contributed by atoms with Gasteiger partial charge in [-0.25, -0.2) is 9.67 Å². The molecule has 2 heterocycles. The van der Waals surface area contributed by atoms with Crippen LogP contribution in [0, 0.1) is 0 Å². The van der Waals surface area contributed by atoms with Crippen LogP contribution < -0.4 is 0 Å². The lowest BCUT2D eigenvalue weighted by Gasteiger charge is -2.34. The van der Waals surface area contributed by atoms with Crippen LogP contribution in [-0.4, -0.2) is 35.1 Å². The van der Waals surface area contributed by atoms with Gasteiger partial charge in [0.25, 0.3) is 0 Å². The topological polar surface area (TPSA) is 68.0 Å². The molecule has 3 rings (SSSR count). The number of halogens is 2. The second kappa shape index (κ2) is 6.28. The fraction of sp³-hybridized carbons (Fsp3) is 0.429. The Morgan fingerprint density at radius 3 is 2.86 bits per heavy atom. The van der Waals surface area contributed by atoms with E-state index in [-0.39, 0.29) is 6.54 Å². The zero-order valence-corrected chi connectivity index (χ0v) is 14.0. The Balaban J connectivity index is 2.07. The first-order valence-electron chi connectivity index (χ1n) is 6.88. The maximum Gasteiger partial charge on any atom is 0.137 e. The number of nitrogens with zero attached hydrogens (tertiary/aromatic N) is 3. The third-order valence-corrected chi connectivity index (χ3v) is 6.43. The summed E-state index contributed by atoms with van der Waals surface area (Å²) in [5, 5.41) is 15.9. The van der Waals surface area contributed by atoms with E-state index in [1.54, 1.807) is 18.2 Å². The smallest absolute Gasteiger partial charge is 0.137 e. The van der Waals surface area contributed by atoms with E-state index in [1.807, 2.05) is 0 Å². The van der Waals surface area contributed by atoms with Gasteiger partial charge in [0.2, 0.25) is 0 Å². The fourth-order valence-electron chi connectivity index (χ4n) is 2.90. The molecule has 1 unspecified atom stereocenters. The lowest BCUT2D eigenvalue weighted by Crippen LogP contribution is -2.44. The highest BCUT2D eigenvalue weighted by molar-refractivity contribution is 7.86. The lowest BCUT2D eigenvalue weighted by atomic mass is 9.88. The molecule has 3 atom stereocenters. The summed E-state index contributed by atoms with van der Waals surface area (Å²) in [4.78, 5) is 3.89. The van der Waals surface area contributed by atoms with Gasteiger partial charge in [0.1, 0.15) is 18.3 Å². The van der Waals surface area contributed by atoms with Crippen molar-refractivity contribution >= 4 is 34.0 Å². The molecule has 0 aliphatic carbocycles. The molecule has 0 spiro atoms. The maximum absolute atomic E-state index is 12.3. The molecule has 1 N–H and O–H groups in total. The second-order valence-corrected chi connectivity index (χ2v) is 7.94. The van der Waals surface area contributed by atoms with Crippen LogP contribution in [0.15, 0.2) is 30.9 Å². The average Bonchev–Trinajstić information content (AvgIpc) is 3.10. The Morgan fingerprint density at radius 1 is 1.45 bits per heavy atom. The molecular formula is C14H15Cl2N3O2S. The van der Waals surface area contributed by atoms with Crippen LogP contribution in [0.1, 0.15) is 18.4 Å². The summed E-state index contributed by atoms with van der Waals surface area (Å²) in [6.45, 7) is 0.144. The molecule has 1 aromatic heterocycles. The highest BCUT2D eigenvalue weighted by Gasteiger charge is 2.45. The predicted molar refractivity (Wildman–Crippen MR) is 86.4 cm³/mol. The van der Waals surface area contributed by atoms with Gasteiger partial charge in [-0.2, -0.15) is 5.10 Å². The minimum atomic E-state index is -1.38. The molecule has 0 amide bonds. The number of benzene rings is 1. The molecule has 1 aliphatic heterocycles. The molecule has 8 heteroatoms. The summed E-state index contributed by atoms with van der Waals surface area (Å²) >= 11 is 12.2. The van der Waals surface area contributed by atoms with E-state index in [1.165, 1.54) is 17.3 Å². The van der Waals surface area contributed by atoms with Crippen LogP contribution in [0.4, 0.5) is 0 Å². The van der Waals surface area contributed by atoms with Crippen molar-refractivity contribution in [2.24, 2.45) is 0 Å². The van der Waals surface area contributed by atoms with Crippen molar-refractivity contribution in [1.29, 1.82) is 0 Å². The van der Waals surface area contributed by atoms with Gasteiger partial charge in [-0.3, -0.25) is 4.21 Å². The summed E-state index contributed by atoms with van der Waals surface area (Å²) in [6, 6.07) is 4.95. The molecule has 5 nitrogen and oxygen atoms in total. The van der Waals surface area contributed by atoms with Crippen LogP contribution in [0.2, 0.25) is 10.0 Å². The first-order valence-corrected chi connectivity index (χ1v) is 9.02. The fourth-order valence-corrected chi connectivity index (χ4v) is 5.28. The molecule has 1 saturated heterocycles. The molecule has 1 fully saturated rings. The van der Waals surface area contributed by atoms with Gasteiger partial charge in [0, 0.05) is 32.2 Å². The van der Waals surface area contributed by atoms with Gasteiger partial charge in [0.05, 0.1) is 11.8 Å². The largest absolute Gasteiger partial charge is 0.382 e. The van der Waals surface area contributed by atoms with Crippen molar-refractivity contribution in [3.05, 3.63) is 46.5 Å². The summed E-state index contributed by atoms with van der Waals surface area (Å²) in [5.41, 5.74) is -0.856. The number of aromatic nitrogens is 3. The quantitative estimate of drug-likeness (QED) is 0.909. The Hall–Kier alpha value is -0.950. The Morgan fingerprint density at radius 2 is 2.27 bits per heavy atom. The molecule has 1 aliphatic rings. The summed E-state index contributed by atoms with van der Waals surface area (Å²) in [7, 11) is -1.11. The molecule has 0 radical (unpaired) electrons. The van der Waals surface area contributed by atoms with Gasteiger partial charge in [-0.15, -0.1) is 0 Å². The highest BCUT2D eigenvalue weighted by atomic mass is 35.5. The summed E-state index contributed by atoms with van der Waals surface area (Å²) in [6.07, 6.45) is 4.42. The molecule has 2 aromatic rings. The van der Waals surface area contributed by atoms with Crippen LogP contribution in [0.3, 0.4) is 0 Å². The van der Waals surface area contributed by atoms with Crippen LogP contribution in [0.5, 0.6) is 0 Å². The van der Waals surface area contributed by atoms with E-state index in [4.69, 9.17) is 23.2 Å². The van der Waals surface area contributed by atoms with Crippen molar-refractivity contribution < 1.29 is 9.32 Å². The van der Waals surface area contributed by atoms with Crippen molar-refractivity contribution in [1.82, 2.24) is 14.8 Å². The standard InChI is InChI=1S/C14H15Cl2N3O2S/c15-10-3-4-11(12(16)6-10)14(20,7-19-9-17-8-18-19)13-2-1-5-22(13)21/h3-4,6,8-9,13,20H,1-2,5,7H2/t13-,14+,22?/m1/s1. The van der Waals surface area contributed by atoms with Crippen molar-refractivity contribution in [3.63, 3.8) is 0 Å².